The summed E-state index contributed by atoms with van der Waals surface area (Å²) in [6.45, 7) is 4.69. The van der Waals surface area contributed by atoms with Gasteiger partial charge < -0.3 is 14.8 Å². The molecular formula is C11H18BrNO2. The first-order chi connectivity index (χ1) is 7.13. The van der Waals surface area contributed by atoms with Crippen LogP contribution in [0.2, 0.25) is 0 Å². The molecule has 1 rings (SSSR count). The summed E-state index contributed by atoms with van der Waals surface area (Å²) in [5.41, 5.74) is 0. The Kier molecular flexibility index (Phi) is 5.36. The molecule has 0 radical (unpaired) electrons. The van der Waals surface area contributed by atoms with Crippen molar-refractivity contribution >= 4 is 15.9 Å². The van der Waals surface area contributed by atoms with Crippen molar-refractivity contribution in [1.82, 2.24) is 5.32 Å². The van der Waals surface area contributed by atoms with Crippen molar-refractivity contribution in [1.29, 1.82) is 0 Å². The van der Waals surface area contributed by atoms with E-state index in [0.29, 0.717) is 6.54 Å². The Bertz CT molecular complexity index is 288. The fourth-order valence-corrected chi connectivity index (χ4v) is 1.73. The van der Waals surface area contributed by atoms with Crippen molar-refractivity contribution in [3.8, 4) is 0 Å². The summed E-state index contributed by atoms with van der Waals surface area (Å²) in [6.07, 6.45) is 1.57. The lowest BCUT2D eigenvalue weighted by Gasteiger charge is -2.14. The smallest absolute Gasteiger partial charge is 0.169 e. The number of aliphatic hydroxyl groups excluding tert-OH is 1. The minimum absolute atomic E-state index is 0.128. The largest absolute Gasteiger partial charge is 0.453 e. The molecule has 1 aromatic rings. The van der Waals surface area contributed by atoms with Gasteiger partial charge in [0.05, 0.1) is 12.1 Å². The number of hydrogen-bond acceptors (Lipinski definition) is 3. The lowest BCUT2D eigenvalue weighted by atomic mass is 10.2. The van der Waals surface area contributed by atoms with E-state index in [1.807, 2.05) is 19.1 Å². The molecule has 1 aromatic heterocycles. The maximum atomic E-state index is 9.55. The van der Waals surface area contributed by atoms with Gasteiger partial charge in [-0.1, -0.05) is 13.3 Å². The molecule has 2 unspecified atom stereocenters. The fourth-order valence-electron chi connectivity index (χ4n) is 1.41. The number of nitrogens with one attached hydrogen (secondary N) is 1. The molecule has 15 heavy (non-hydrogen) atoms. The molecule has 2 N–H and O–H groups in total. The monoisotopic (exact) mass is 275 g/mol. The second kappa shape index (κ2) is 6.30. The van der Waals surface area contributed by atoms with E-state index < -0.39 is 0 Å². The number of aliphatic hydroxyl groups is 1. The van der Waals surface area contributed by atoms with Gasteiger partial charge in [0.2, 0.25) is 0 Å². The second-order valence-electron chi connectivity index (χ2n) is 3.71. The van der Waals surface area contributed by atoms with Crippen molar-refractivity contribution in [2.75, 3.05) is 6.54 Å². The molecule has 4 heteroatoms. The quantitative estimate of drug-likeness (QED) is 0.839. The number of furan rings is 1. The van der Waals surface area contributed by atoms with Crippen LogP contribution in [0.4, 0.5) is 0 Å². The average Bonchev–Trinajstić information content (AvgIpc) is 2.62. The first kappa shape index (κ1) is 12.7. The van der Waals surface area contributed by atoms with Crippen LogP contribution >= 0.6 is 15.9 Å². The molecule has 0 saturated carbocycles. The standard InChI is InChI=1S/C11H18BrNO2/c1-3-4-9(14)7-13-8(2)10-5-6-11(12)15-10/h5-6,8-9,13-14H,3-4,7H2,1-2H3. The Balaban J connectivity index is 2.33. The minimum atomic E-state index is -0.268. The molecule has 0 aromatic carbocycles. The molecule has 0 aliphatic rings. The molecular weight excluding hydrogens is 258 g/mol. The Morgan fingerprint density at radius 2 is 2.27 bits per heavy atom. The highest BCUT2D eigenvalue weighted by Gasteiger charge is 2.11. The highest BCUT2D eigenvalue weighted by molar-refractivity contribution is 9.10. The Morgan fingerprint density at radius 3 is 2.80 bits per heavy atom. The van der Waals surface area contributed by atoms with E-state index in [4.69, 9.17) is 4.42 Å². The molecule has 1 heterocycles. The van der Waals surface area contributed by atoms with Crippen LogP contribution in [0.25, 0.3) is 0 Å². The van der Waals surface area contributed by atoms with Gasteiger partial charge in [0, 0.05) is 6.54 Å². The van der Waals surface area contributed by atoms with Crippen molar-refractivity contribution in [2.24, 2.45) is 0 Å². The van der Waals surface area contributed by atoms with Crippen LogP contribution in [-0.4, -0.2) is 17.8 Å². The lowest BCUT2D eigenvalue weighted by Crippen LogP contribution is -2.28. The van der Waals surface area contributed by atoms with E-state index in [-0.39, 0.29) is 12.1 Å². The van der Waals surface area contributed by atoms with E-state index in [0.717, 1.165) is 23.3 Å². The van der Waals surface area contributed by atoms with Crippen LogP contribution < -0.4 is 5.32 Å². The Morgan fingerprint density at radius 1 is 1.53 bits per heavy atom. The maximum absolute atomic E-state index is 9.55. The van der Waals surface area contributed by atoms with Crippen molar-refractivity contribution in [2.45, 2.75) is 38.8 Å². The molecule has 0 aliphatic carbocycles. The van der Waals surface area contributed by atoms with Crippen LogP contribution in [0.5, 0.6) is 0 Å². The van der Waals surface area contributed by atoms with Gasteiger partial charge in [0.1, 0.15) is 5.76 Å². The summed E-state index contributed by atoms with van der Waals surface area (Å²) in [5, 5.41) is 12.8. The molecule has 3 nitrogen and oxygen atoms in total. The highest BCUT2D eigenvalue weighted by Crippen LogP contribution is 2.19. The summed E-state index contributed by atoms with van der Waals surface area (Å²) in [5.74, 6) is 0.880. The van der Waals surface area contributed by atoms with Crippen molar-refractivity contribution in [3.63, 3.8) is 0 Å². The third kappa shape index (κ3) is 4.36. The van der Waals surface area contributed by atoms with Gasteiger partial charge in [-0.15, -0.1) is 0 Å². The molecule has 0 saturated heterocycles. The molecule has 0 bridgehead atoms. The highest BCUT2D eigenvalue weighted by atomic mass is 79.9. The SMILES string of the molecule is CCCC(O)CNC(C)c1ccc(Br)o1. The van der Waals surface area contributed by atoms with Gasteiger partial charge in [-0.05, 0) is 41.4 Å². The van der Waals surface area contributed by atoms with Gasteiger partial charge in [0.25, 0.3) is 0 Å². The number of halogens is 1. The van der Waals surface area contributed by atoms with Gasteiger partial charge in [-0.3, -0.25) is 0 Å². The van der Waals surface area contributed by atoms with Crippen LogP contribution in [0, 0.1) is 0 Å². The van der Waals surface area contributed by atoms with E-state index in [9.17, 15) is 5.11 Å². The first-order valence-corrected chi connectivity index (χ1v) is 6.09. The predicted octanol–water partition coefficient (Wildman–Crippen LogP) is 2.85. The van der Waals surface area contributed by atoms with Crippen LogP contribution in [0.3, 0.4) is 0 Å². The predicted molar refractivity (Wildman–Crippen MR) is 63.7 cm³/mol. The van der Waals surface area contributed by atoms with Gasteiger partial charge in [-0.2, -0.15) is 0 Å². The summed E-state index contributed by atoms with van der Waals surface area (Å²) in [7, 11) is 0. The second-order valence-corrected chi connectivity index (χ2v) is 4.50. The molecule has 2 atom stereocenters. The molecule has 0 fully saturated rings. The van der Waals surface area contributed by atoms with Gasteiger partial charge >= 0.3 is 0 Å². The van der Waals surface area contributed by atoms with Crippen LogP contribution in [-0.2, 0) is 0 Å². The molecule has 0 spiro atoms. The summed E-state index contributed by atoms with van der Waals surface area (Å²) in [6, 6.07) is 3.92. The Labute approximate surface area is 99.0 Å². The number of rotatable bonds is 6. The third-order valence-electron chi connectivity index (χ3n) is 2.30. The van der Waals surface area contributed by atoms with Crippen LogP contribution in [0.15, 0.2) is 21.2 Å². The summed E-state index contributed by atoms with van der Waals surface area (Å²) >= 11 is 3.26. The third-order valence-corrected chi connectivity index (χ3v) is 2.73. The zero-order valence-corrected chi connectivity index (χ0v) is 10.8. The molecule has 0 amide bonds. The maximum Gasteiger partial charge on any atom is 0.169 e. The lowest BCUT2D eigenvalue weighted by molar-refractivity contribution is 0.155. The van der Waals surface area contributed by atoms with Gasteiger partial charge in [0.15, 0.2) is 4.67 Å². The summed E-state index contributed by atoms with van der Waals surface area (Å²) in [4.78, 5) is 0. The fraction of sp³-hybridized carbons (Fsp3) is 0.636. The Hall–Kier alpha value is -0.320. The van der Waals surface area contributed by atoms with E-state index in [1.165, 1.54) is 0 Å². The van der Waals surface area contributed by atoms with Crippen molar-refractivity contribution < 1.29 is 9.52 Å². The minimum Gasteiger partial charge on any atom is -0.453 e. The molecule has 86 valence electrons. The summed E-state index contributed by atoms with van der Waals surface area (Å²) < 4.78 is 6.15. The van der Waals surface area contributed by atoms with E-state index in [2.05, 4.69) is 28.2 Å². The van der Waals surface area contributed by atoms with Gasteiger partial charge in [-0.25, -0.2) is 0 Å². The zero-order valence-electron chi connectivity index (χ0n) is 9.16. The van der Waals surface area contributed by atoms with Crippen molar-refractivity contribution in [3.05, 3.63) is 22.6 Å². The van der Waals surface area contributed by atoms with Crippen LogP contribution in [0.1, 0.15) is 38.5 Å². The topological polar surface area (TPSA) is 45.4 Å². The molecule has 0 aliphatic heterocycles. The number of hydrogen-bond donors (Lipinski definition) is 2. The zero-order chi connectivity index (χ0) is 11.3. The van der Waals surface area contributed by atoms with E-state index in [1.54, 1.807) is 0 Å². The normalized spacial score (nSPS) is 15.2. The first-order valence-electron chi connectivity index (χ1n) is 5.30. The van der Waals surface area contributed by atoms with E-state index >= 15 is 0 Å². The average molecular weight is 276 g/mol.